The van der Waals surface area contributed by atoms with Crippen LogP contribution in [0.2, 0.25) is 0 Å². The van der Waals surface area contributed by atoms with Crippen LogP contribution in [-0.2, 0) is 14.4 Å². The molecule has 0 aromatic heterocycles. The number of ketones is 1. The Labute approximate surface area is 81.5 Å². The number of nitrogens with one attached hydrogen (secondary N) is 1. The second kappa shape index (κ2) is 3.77. The van der Waals surface area contributed by atoms with Crippen molar-refractivity contribution in [3.8, 4) is 0 Å². The van der Waals surface area contributed by atoms with Gasteiger partial charge in [0.15, 0.2) is 0 Å². The number of hydrogen-bond donors (Lipinski definition) is 2. The van der Waals surface area contributed by atoms with Gasteiger partial charge in [0.05, 0.1) is 12.3 Å². The lowest BCUT2D eigenvalue weighted by molar-refractivity contribution is -0.141. The van der Waals surface area contributed by atoms with Crippen molar-refractivity contribution in [1.29, 1.82) is 0 Å². The zero-order valence-corrected chi connectivity index (χ0v) is 8.11. The highest BCUT2D eigenvalue weighted by Crippen LogP contribution is 2.27. The van der Waals surface area contributed by atoms with Gasteiger partial charge in [-0.3, -0.25) is 14.4 Å². The van der Waals surface area contributed by atoms with Crippen LogP contribution in [0.5, 0.6) is 0 Å². The highest BCUT2D eigenvalue weighted by Gasteiger charge is 2.43. The molecule has 1 heterocycles. The Morgan fingerprint density at radius 3 is 2.50 bits per heavy atom. The number of aliphatic carboxylic acids is 1. The first-order valence-corrected chi connectivity index (χ1v) is 4.46. The molecular weight excluding hydrogens is 186 g/mol. The smallest absolute Gasteiger partial charge is 0.304 e. The second-order valence-electron chi connectivity index (χ2n) is 3.64. The van der Waals surface area contributed by atoms with Gasteiger partial charge in [0.2, 0.25) is 5.91 Å². The number of carbonyl (C=O) groups is 3. The molecule has 5 heteroatoms. The Kier molecular flexibility index (Phi) is 2.88. The summed E-state index contributed by atoms with van der Waals surface area (Å²) in [5, 5.41) is 11.2. The molecule has 1 fully saturated rings. The number of carboxylic acid groups (broad SMARTS) is 1. The van der Waals surface area contributed by atoms with Gasteiger partial charge >= 0.3 is 5.97 Å². The molecule has 1 amide bonds. The molecule has 0 saturated carbocycles. The molecule has 3 atom stereocenters. The molecular formula is C9H13NO4. The van der Waals surface area contributed by atoms with E-state index >= 15 is 0 Å². The van der Waals surface area contributed by atoms with E-state index in [1.165, 1.54) is 6.92 Å². The molecule has 3 unspecified atom stereocenters. The topological polar surface area (TPSA) is 83.5 Å². The van der Waals surface area contributed by atoms with E-state index in [9.17, 15) is 14.4 Å². The predicted molar refractivity (Wildman–Crippen MR) is 47.5 cm³/mol. The third-order valence-electron chi connectivity index (χ3n) is 2.54. The van der Waals surface area contributed by atoms with E-state index in [1.807, 2.05) is 0 Å². The molecule has 1 aliphatic rings. The normalized spacial score (nSPS) is 31.3. The van der Waals surface area contributed by atoms with Crippen LogP contribution in [0.4, 0.5) is 0 Å². The standard InChI is InChI=1S/C9H13NO4/c1-4-8(5(2)11)6(3-7(12)13)9(14)10-4/h4,6,8H,3H2,1-2H3,(H,10,14)(H,12,13). The first-order chi connectivity index (χ1) is 6.43. The van der Waals surface area contributed by atoms with E-state index < -0.39 is 17.8 Å². The zero-order valence-electron chi connectivity index (χ0n) is 8.11. The van der Waals surface area contributed by atoms with E-state index in [4.69, 9.17) is 5.11 Å². The number of hydrogen-bond acceptors (Lipinski definition) is 3. The van der Waals surface area contributed by atoms with Gasteiger partial charge in [0, 0.05) is 12.0 Å². The summed E-state index contributed by atoms with van der Waals surface area (Å²) >= 11 is 0. The summed E-state index contributed by atoms with van der Waals surface area (Å²) in [4.78, 5) is 33.0. The highest BCUT2D eigenvalue weighted by molar-refractivity contribution is 5.93. The van der Waals surface area contributed by atoms with Crippen molar-refractivity contribution in [3.05, 3.63) is 0 Å². The van der Waals surface area contributed by atoms with Crippen molar-refractivity contribution in [1.82, 2.24) is 5.32 Å². The SMILES string of the molecule is CC(=O)C1C(C)NC(=O)C1CC(=O)O. The van der Waals surface area contributed by atoms with E-state index in [-0.39, 0.29) is 24.2 Å². The third-order valence-corrected chi connectivity index (χ3v) is 2.54. The summed E-state index contributed by atoms with van der Waals surface area (Å²) in [7, 11) is 0. The average molecular weight is 199 g/mol. The van der Waals surface area contributed by atoms with Crippen molar-refractivity contribution in [2.45, 2.75) is 26.3 Å². The number of Topliss-reactive ketones (excluding diaryl/α,β-unsaturated/α-hetero) is 1. The Hall–Kier alpha value is -1.39. The van der Waals surface area contributed by atoms with Gasteiger partial charge < -0.3 is 10.4 Å². The van der Waals surface area contributed by atoms with Gasteiger partial charge in [-0.15, -0.1) is 0 Å². The summed E-state index contributed by atoms with van der Waals surface area (Å²) in [5.41, 5.74) is 0. The highest BCUT2D eigenvalue weighted by atomic mass is 16.4. The maximum atomic E-state index is 11.3. The van der Waals surface area contributed by atoms with Crippen LogP contribution in [0, 0.1) is 11.8 Å². The Morgan fingerprint density at radius 1 is 1.50 bits per heavy atom. The Bertz CT molecular complexity index is 287. The molecule has 0 aromatic rings. The second-order valence-corrected chi connectivity index (χ2v) is 3.64. The van der Waals surface area contributed by atoms with Crippen LogP contribution in [0.3, 0.4) is 0 Å². The molecule has 1 saturated heterocycles. The van der Waals surface area contributed by atoms with Crippen LogP contribution < -0.4 is 5.32 Å². The van der Waals surface area contributed by atoms with E-state index in [0.29, 0.717) is 0 Å². The molecule has 5 nitrogen and oxygen atoms in total. The molecule has 0 bridgehead atoms. The molecule has 0 aromatic carbocycles. The van der Waals surface area contributed by atoms with Crippen LogP contribution in [-0.4, -0.2) is 28.8 Å². The fraction of sp³-hybridized carbons (Fsp3) is 0.667. The van der Waals surface area contributed by atoms with Gasteiger partial charge in [0.1, 0.15) is 5.78 Å². The minimum absolute atomic E-state index is 0.137. The fourth-order valence-corrected chi connectivity index (χ4v) is 1.98. The molecule has 1 rings (SSSR count). The first kappa shape index (κ1) is 10.7. The quantitative estimate of drug-likeness (QED) is 0.659. The maximum absolute atomic E-state index is 11.3. The van der Waals surface area contributed by atoms with Gasteiger partial charge in [-0.2, -0.15) is 0 Å². The molecule has 0 spiro atoms. The molecule has 78 valence electrons. The molecule has 2 N–H and O–H groups in total. The minimum atomic E-state index is -1.05. The number of carbonyl (C=O) groups excluding carboxylic acids is 2. The summed E-state index contributed by atoms with van der Waals surface area (Å²) in [6.07, 6.45) is -0.277. The van der Waals surface area contributed by atoms with Gasteiger partial charge in [-0.25, -0.2) is 0 Å². The minimum Gasteiger partial charge on any atom is -0.481 e. The van der Waals surface area contributed by atoms with E-state index in [2.05, 4.69) is 5.32 Å². The van der Waals surface area contributed by atoms with Crippen molar-refractivity contribution in [3.63, 3.8) is 0 Å². The van der Waals surface area contributed by atoms with Crippen molar-refractivity contribution >= 4 is 17.7 Å². The van der Waals surface area contributed by atoms with Gasteiger partial charge in [-0.05, 0) is 13.8 Å². The van der Waals surface area contributed by atoms with E-state index in [1.54, 1.807) is 6.92 Å². The fourth-order valence-electron chi connectivity index (χ4n) is 1.98. The monoisotopic (exact) mass is 199 g/mol. The van der Waals surface area contributed by atoms with Crippen LogP contribution >= 0.6 is 0 Å². The maximum Gasteiger partial charge on any atom is 0.304 e. The largest absolute Gasteiger partial charge is 0.481 e. The van der Waals surface area contributed by atoms with Gasteiger partial charge in [0.25, 0.3) is 0 Å². The number of amides is 1. The van der Waals surface area contributed by atoms with Crippen LogP contribution in [0.1, 0.15) is 20.3 Å². The molecule has 1 aliphatic heterocycles. The lowest BCUT2D eigenvalue weighted by Crippen LogP contribution is -2.29. The molecule has 0 radical (unpaired) electrons. The number of rotatable bonds is 3. The third kappa shape index (κ3) is 1.92. The summed E-state index contributed by atoms with van der Waals surface area (Å²) < 4.78 is 0. The average Bonchev–Trinajstić information content (AvgIpc) is 2.25. The van der Waals surface area contributed by atoms with E-state index in [0.717, 1.165) is 0 Å². The summed E-state index contributed by atoms with van der Waals surface area (Å²) in [6.45, 7) is 3.10. The predicted octanol–water partition coefficient (Wildman–Crippen LogP) is -0.199. The molecule has 0 aliphatic carbocycles. The van der Waals surface area contributed by atoms with Crippen molar-refractivity contribution < 1.29 is 19.5 Å². The Morgan fingerprint density at radius 2 is 2.07 bits per heavy atom. The Balaban J connectivity index is 2.83. The summed E-state index contributed by atoms with van der Waals surface area (Å²) in [6, 6.07) is -0.260. The lowest BCUT2D eigenvalue weighted by Gasteiger charge is -2.14. The zero-order chi connectivity index (χ0) is 10.9. The van der Waals surface area contributed by atoms with Crippen molar-refractivity contribution in [2.24, 2.45) is 11.8 Å². The van der Waals surface area contributed by atoms with Crippen LogP contribution in [0.25, 0.3) is 0 Å². The summed E-state index contributed by atoms with van der Waals surface area (Å²) in [5.74, 6) is -2.73. The lowest BCUT2D eigenvalue weighted by atomic mass is 9.85. The first-order valence-electron chi connectivity index (χ1n) is 4.46. The number of carboxylic acids is 1. The molecule has 14 heavy (non-hydrogen) atoms. The van der Waals surface area contributed by atoms with Gasteiger partial charge in [-0.1, -0.05) is 0 Å². The van der Waals surface area contributed by atoms with Crippen molar-refractivity contribution in [2.75, 3.05) is 0 Å². The van der Waals surface area contributed by atoms with Crippen LogP contribution in [0.15, 0.2) is 0 Å².